The number of hydrogen-bond acceptors (Lipinski definition) is 9. The van der Waals surface area contributed by atoms with Crippen molar-refractivity contribution >= 4 is 29.6 Å². The number of nitrogens with zero attached hydrogens (tertiary/aromatic N) is 2. The summed E-state index contributed by atoms with van der Waals surface area (Å²) in [4.78, 5) is 39.9. The molecule has 0 atom stereocenters. The van der Waals surface area contributed by atoms with E-state index in [9.17, 15) is 14.4 Å². The van der Waals surface area contributed by atoms with Crippen molar-refractivity contribution in [2.45, 2.75) is 19.4 Å². The number of ether oxygens (including phenoxy) is 4. The first-order chi connectivity index (χ1) is 24.0. The molecule has 4 N–H and O–H groups in total. The summed E-state index contributed by atoms with van der Waals surface area (Å²) in [7, 11) is 0. The second-order valence-electron chi connectivity index (χ2n) is 10.8. The van der Waals surface area contributed by atoms with Gasteiger partial charge in [-0.2, -0.15) is 5.10 Å². The molecule has 12 nitrogen and oxygen atoms in total. The van der Waals surface area contributed by atoms with E-state index in [1.807, 2.05) is 48.5 Å². The van der Waals surface area contributed by atoms with Gasteiger partial charge in [-0.3, -0.25) is 14.4 Å². The number of rotatable bonds is 20. The number of carbonyl (C=O) groups is 3. The molecule has 0 saturated carbocycles. The van der Waals surface area contributed by atoms with Crippen LogP contribution in [-0.2, 0) is 35.1 Å². The Hall–Kier alpha value is -4.90. The molecule has 1 aliphatic rings. The molecule has 3 aromatic carbocycles. The topological polar surface area (TPSA) is 154 Å². The number of anilines is 1. The monoisotopic (exact) mass is 669 g/mol. The van der Waals surface area contributed by atoms with Crippen LogP contribution in [0.3, 0.4) is 0 Å². The minimum absolute atomic E-state index is 0.0103. The first-order valence-electron chi connectivity index (χ1n) is 16.3. The number of carbonyl (C=O) groups excluding carboxylic acids is 3. The van der Waals surface area contributed by atoms with E-state index < -0.39 is 0 Å². The quantitative estimate of drug-likeness (QED) is 0.0719. The summed E-state index contributed by atoms with van der Waals surface area (Å²) in [5.74, 6) is 5.57. The zero-order chi connectivity index (χ0) is 34.5. The van der Waals surface area contributed by atoms with Crippen LogP contribution in [0.25, 0.3) is 0 Å². The normalized spacial score (nSPS) is 11.9. The number of para-hydroxylation sites is 1. The summed E-state index contributed by atoms with van der Waals surface area (Å²) in [6.07, 6.45) is 1.46. The van der Waals surface area contributed by atoms with Gasteiger partial charge in [-0.15, -0.1) is 0 Å². The zero-order valence-electron chi connectivity index (χ0n) is 27.5. The summed E-state index contributed by atoms with van der Waals surface area (Å²) in [6, 6.07) is 22.0. The fourth-order valence-corrected chi connectivity index (χ4v) is 4.70. The maximum absolute atomic E-state index is 13.3. The van der Waals surface area contributed by atoms with Gasteiger partial charge in [0.1, 0.15) is 0 Å². The third-order valence-corrected chi connectivity index (χ3v) is 7.23. The molecule has 0 aromatic heterocycles. The number of fused-ring (bicyclic) bond motifs is 2. The lowest BCUT2D eigenvalue weighted by molar-refractivity contribution is -0.125. The Balaban J connectivity index is 1.10. The van der Waals surface area contributed by atoms with Crippen LogP contribution in [0.4, 0.5) is 5.69 Å². The molecule has 3 aromatic rings. The summed E-state index contributed by atoms with van der Waals surface area (Å²) >= 11 is 0. The maximum atomic E-state index is 13.3. The molecule has 0 spiro atoms. The van der Waals surface area contributed by atoms with Crippen LogP contribution in [0.15, 0.2) is 77.9 Å². The Kier molecular flexibility index (Phi) is 15.9. The molecule has 49 heavy (non-hydrogen) atoms. The molecule has 258 valence electrons. The van der Waals surface area contributed by atoms with Crippen molar-refractivity contribution in [3.8, 4) is 11.8 Å². The van der Waals surface area contributed by atoms with Gasteiger partial charge in [0.25, 0.3) is 5.91 Å². The van der Waals surface area contributed by atoms with Crippen LogP contribution in [0.5, 0.6) is 0 Å². The van der Waals surface area contributed by atoms with Crippen LogP contribution in [0, 0.1) is 11.8 Å². The fourth-order valence-electron chi connectivity index (χ4n) is 4.70. The number of benzene rings is 3. The van der Waals surface area contributed by atoms with E-state index in [1.54, 1.807) is 29.2 Å². The minimum atomic E-state index is -0.385. The van der Waals surface area contributed by atoms with Crippen LogP contribution in [0.2, 0.25) is 0 Å². The fraction of sp³-hybridized carbons (Fsp3) is 0.351. The third kappa shape index (κ3) is 12.9. The van der Waals surface area contributed by atoms with E-state index in [1.165, 1.54) is 6.21 Å². The predicted octanol–water partition coefficient (Wildman–Crippen LogP) is 2.62. The molecule has 0 unspecified atom stereocenters. The number of nitrogens with one attached hydrogen (secondary N) is 2. The van der Waals surface area contributed by atoms with E-state index >= 15 is 0 Å². The molecule has 4 rings (SSSR count). The van der Waals surface area contributed by atoms with Crippen molar-refractivity contribution in [1.29, 1.82) is 0 Å². The molecular weight excluding hydrogens is 626 g/mol. The van der Waals surface area contributed by atoms with Crippen LogP contribution in [0.1, 0.15) is 45.5 Å². The molecule has 0 fully saturated rings. The van der Waals surface area contributed by atoms with Crippen molar-refractivity contribution in [3.05, 3.63) is 101 Å². The highest BCUT2D eigenvalue weighted by molar-refractivity contribution is 5.97. The second-order valence-corrected chi connectivity index (χ2v) is 10.8. The van der Waals surface area contributed by atoms with Gasteiger partial charge in [0.05, 0.1) is 71.3 Å². The van der Waals surface area contributed by atoms with Gasteiger partial charge in [-0.05, 0) is 41.5 Å². The molecule has 0 aliphatic carbocycles. The van der Waals surface area contributed by atoms with E-state index in [0.29, 0.717) is 83.6 Å². The number of hydrazone groups is 1. The molecule has 0 saturated heterocycles. The summed E-state index contributed by atoms with van der Waals surface area (Å²) in [5.41, 5.74) is 12.3. The van der Waals surface area contributed by atoms with E-state index in [0.717, 1.165) is 22.4 Å². The van der Waals surface area contributed by atoms with Crippen molar-refractivity contribution in [2.75, 3.05) is 70.8 Å². The van der Waals surface area contributed by atoms with Crippen LogP contribution >= 0.6 is 0 Å². The Labute approximate surface area is 286 Å². The number of nitrogens with two attached hydrogens (primary N) is 1. The summed E-state index contributed by atoms with van der Waals surface area (Å²) < 4.78 is 21.5. The van der Waals surface area contributed by atoms with Gasteiger partial charge in [0, 0.05) is 42.6 Å². The average Bonchev–Trinajstić information content (AvgIpc) is 3.12. The lowest BCUT2D eigenvalue weighted by Crippen LogP contribution is -2.32. The van der Waals surface area contributed by atoms with Crippen molar-refractivity contribution < 1.29 is 33.3 Å². The van der Waals surface area contributed by atoms with Gasteiger partial charge >= 0.3 is 0 Å². The SMILES string of the molecule is NCCOCCOCCOCCOCCNC(=O)c1ccc(/C=N\NC(=O)CCC(=O)N2Cc3ccccc3C#Cc3ccccc32)cc1. The first kappa shape index (κ1) is 36.9. The maximum Gasteiger partial charge on any atom is 0.251 e. The minimum Gasteiger partial charge on any atom is -0.378 e. The Bertz CT molecular complexity index is 1600. The summed E-state index contributed by atoms with van der Waals surface area (Å²) in [5, 5.41) is 6.82. The van der Waals surface area contributed by atoms with E-state index in [-0.39, 0.29) is 30.6 Å². The highest BCUT2D eigenvalue weighted by atomic mass is 16.6. The highest BCUT2D eigenvalue weighted by Crippen LogP contribution is 2.26. The van der Waals surface area contributed by atoms with E-state index in [2.05, 4.69) is 27.7 Å². The largest absolute Gasteiger partial charge is 0.378 e. The van der Waals surface area contributed by atoms with Gasteiger partial charge in [-0.25, -0.2) is 5.43 Å². The third-order valence-electron chi connectivity index (χ3n) is 7.23. The van der Waals surface area contributed by atoms with Gasteiger partial charge in [-0.1, -0.05) is 54.3 Å². The smallest absolute Gasteiger partial charge is 0.251 e. The molecule has 1 heterocycles. The van der Waals surface area contributed by atoms with Crippen LogP contribution in [-0.4, -0.2) is 89.9 Å². The summed E-state index contributed by atoms with van der Waals surface area (Å²) in [6.45, 7) is 4.90. The standard InChI is InChI=1S/C37H43N5O7/c38-17-19-46-21-23-48-25-26-49-24-22-47-20-18-39-37(45)32-11-9-29(10-12-32)27-40-41-35(43)15-16-36(44)42-28-33-7-2-1-5-30(33)13-14-31-6-3-4-8-34(31)42/h1-12,27H,15-26,28,38H2,(H,39,45)(H,41,43)/b40-27-. The molecule has 12 heteroatoms. The van der Waals surface area contributed by atoms with Crippen molar-refractivity contribution in [2.24, 2.45) is 10.8 Å². The Morgan fingerprint density at radius 1 is 0.755 bits per heavy atom. The molecular formula is C37H43N5O7. The molecule has 1 aliphatic heterocycles. The average molecular weight is 670 g/mol. The first-order valence-corrected chi connectivity index (χ1v) is 16.3. The van der Waals surface area contributed by atoms with Gasteiger partial charge < -0.3 is 34.9 Å². The van der Waals surface area contributed by atoms with Crippen molar-refractivity contribution in [1.82, 2.24) is 10.7 Å². The second kappa shape index (κ2) is 21.1. The van der Waals surface area contributed by atoms with Crippen LogP contribution < -0.4 is 21.4 Å². The van der Waals surface area contributed by atoms with Gasteiger partial charge in [0.2, 0.25) is 11.8 Å². The Morgan fingerprint density at radius 3 is 2.08 bits per heavy atom. The predicted molar refractivity (Wildman–Crippen MR) is 186 cm³/mol. The molecule has 3 amide bonds. The molecule has 0 bridgehead atoms. The molecule has 0 radical (unpaired) electrons. The Morgan fingerprint density at radius 2 is 1.37 bits per heavy atom. The zero-order valence-corrected chi connectivity index (χ0v) is 27.5. The lowest BCUT2D eigenvalue weighted by Gasteiger charge is -2.26. The number of hydrogen-bond donors (Lipinski definition) is 3. The van der Waals surface area contributed by atoms with Crippen molar-refractivity contribution in [3.63, 3.8) is 0 Å². The highest BCUT2D eigenvalue weighted by Gasteiger charge is 2.21. The van der Waals surface area contributed by atoms with E-state index in [4.69, 9.17) is 24.7 Å². The van der Waals surface area contributed by atoms with Gasteiger partial charge in [0.15, 0.2) is 0 Å². The number of amides is 3. The lowest BCUT2D eigenvalue weighted by atomic mass is 10.0.